The van der Waals surface area contributed by atoms with E-state index in [4.69, 9.17) is 9.47 Å². The van der Waals surface area contributed by atoms with Crippen molar-refractivity contribution in [1.29, 1.82) is 0 Å². The monoisotopic (exact) mass is 355 g/mol. The van der Waals surface area contributed by atoms with Crippen molar-refractivity contribution in [2.75, 3.05) is 13.7 Å². The second kappa shape index (κ2) is 9.85. The number of benzene rings is 2. The lowest BCUT2D eigenvalue weighted by molar-refractivity contribution is -0.128. The lowest BCUT2D eigenvalue weighted by Gasteiger charge is -2.19. The van der Waals surface area contributed by atoms with Gasteiger partial charge in [-0.1, -0.05) is 36.8 Å². The summed E-state index contributed by atoms with van der Waals surface area (Å²) in [5.74, 6) is 1.58. The number of rotatable bonds is 9. The van der Waals surface area contributed by atoms with Crippen molar-refractivity contribution in [1.82, 2.24) is 5.32 Å². The zero-order chi connectivity index (χ0) is 18.9. The van der Waals surface area contributed by atoms with Crippen LogP contribution in [-0.2, 0) is 11.2 Å². The van der Waals surface area contributed by atoms with Crippen LogP contribution < -0.4 is 14.8 Å². The summed E-state index contributed by atoms with van der Waals surface area (Å²) in [4.78, 5) is 12.4. The Hall–Kier alpha value is -2.49. The summed E-state index contributed by atoms with van der Waals surface area (Å²) in [7, 11) is 1.67. The number of aryl methyl sites for hydroxylation is 3. The largest absolute Gasteiger partial charge is 0.497 e. The van der Waals surface area contributed by atoms with Gasteiger partial charge in [0.15, 0.2) is 6.10 Å². The number of amides is 1. The molecular weight excluding hydrogens is 326 g/mol. The third-order valence-electron chi connectivity index (χ3n) is 4.34. The molecule has 4 nitrogen and oxygen atoms in total. The Morgan fingerprint density at radius 2 is 1.96 bits per heavy atom. The normalized spacial score (nSPS) is 11.7. The van der Waals surface area contributed by atoms with Crippen LogP contribution in [0.2, 0.25) is 0 Å². The molecule has 2 aromatic rings. The molecule has 1 amide bonds. The number of methoxy groups -OCH3 is 1. The van der Waals surface area contributed by atoms with Crippen LogP contribution in [0.25, 0.3) is 0 Å². The highest BCUT2D eigenvalue weighted by atomic mass is 16.5. The highest BCUT2D eigenvalue weighted by Gasteiger charge is 2.18. The summed E-state index contributed by atoms with van der Waals surface area (Å²) in [5, 5.41) is 2.99. The molecule has 0 heterocycles. The maximum atomic E-state index is 12.4. The average Bonchev–Trinajstić information content (AvgIpc) is 2.64. The SMILES string of the molecule is CC[C@H](Oc1ccc(C)cc1C)C(=O)NCCCc1cccc(OC)c1. The first-order valence-corrected chi connectivity index (χ1v) is 9.18. The van der Waals surface area contributed by atoms with E-state index in [-0.39, 0.29) is 5.91 Å². The Labute approximate surface area is 156 Å². The molecule has 0 aliphatic heterocycles. The molecule has 1 atom stereocenters. The fourth-order valence-electron chi connectivity index (χ4n) is 2.85. The number of carbonyl (C=O) groups excluding carboxylic acids is 1. The molecule has 0 aliphatic rings. The Balaban J connectivity index is 1.81. The van der Waals surface area contributed by atoms with Crippen LogP contribution in [0.4, 0.5) is 0 Å². The van der Waals surface area contributed by atoms with Gasteiger partial charge in [0.05, 0.1) is 7.11 Å². The van der Waals surface area contributed by atoms with Crippen molar-refractivity contribution in [2.24, 2.45) is 0 Å². The fraction of sp³-hybridized carbons (Fsp3) is 0.409. The summed E-state index contributed by atoms with van der Waals surface area (Å²) in [6.45, 7) is 6.64. The van der Waals surface area contributed by atoms with Crippen LogP contribution in [0, 0.1) is 13.8 Å². The van der Waals surface area contributed by atoms with E-state index in [2.05, 4.69) is 17.4 Å². The van der Waals surface area contributed by atoms with Gasteiger partial charge in [-0.2, -0.15) is 0 Å². The Kier molecular flexibility index (Phi) is 7.52. The Morgan fingerprint density at radius 3 is 2.65 bits per heavy atom. The molecule has 0 unspecified atom stereocenters. The van der Waals surface area contributed by atoms with Gasteiger partial charge in [-0.25, -0.2) is 0 Å². The molecular formula is C22H29NO3. The number of nitrogens with one attached hydrogen (secondary N) is 1. The zero-order valence-electron chi connectivity index (χ0n) is 16.2. The molecule has 0 saturated carbocycles. The highest BCUT2D eigenvalue weighted by molar-refractivity contribution is 5.81. The van der Waals surface area contributed by atoms with Gasteiger partial charge in [0.1, 0.15) is 11.5 Å². The van der Waals surface area contributed by atoms with Crippen LogP contribution in [0.5, 0.6) is 11.5 Å². The number of hydrogen-bond donors (Lipinski definition) is 1. The number of carbonyl (C=O) groups is 1. The minimum atomic E-state index is -0.465. The third kappa shape index (κ3) is 5.80. The Bertz CT molecular complexity index is 727. The molecule has 0 radical (unpaired) electrons. The summed E-state index contributed by atoms with van der Waals surface area (Å²) in [6.07, 6.45) is 1.94. The van der Waals surface area contributed by atoms with Gasteiger partial charge in [-0.3, -0.25) is 4.79 Å². The van der Waals surface area contributed by atoms with Crippen LogP contribution in [-0.4, -0.2) is 25.7 Å². The topological polar surface area (TPSA) is 47.6 Å². The predicted octanol–water partition coefficient (Wildman–Crippen LogP) is 4.22. The van der Waals surface area contributed by atoms with Crippen LogP contribution in [0.3, 0.4) is 0 Å². The van der Waals surface area contributed by atoms with Crippen molar-refractivity contribution in [3.05, 3.63) is 59.2 Å². The maximum Gasteiger partial charge on any atom is 0.261 e. The standard InChI is InChI=1S/C22H29NO3/c1-5-20(26-21-12-11-16(2)14-17(21)3)22(24)23-13-7-9-18-8-6-10-19(15-18)25-4/h6,8,10-12,14-15,20H,5,7,9,13H2,1-4H3,(H,23,24)/t20-/m0/s1. The van der Waals surface area contributed by atoms with Gasteiger partial charge >= 0.3 is 0 Å². The summed E-state index contributed by atoms with van der Waals surface area (Å²) in [6, 6.07) is 14.0. The fourth-order valence-corrected chi connectivity index (χ4v) is 2.85. The van der Waals surface area contributed by atoms with Gasteiger partial charge < -0.3 is 14.8 Å². The van der Waals surface area contributed by atoms with E-state index in [1.54, 1.807) is 7.11 Å². The van der Waals surface area contributed by atoms with Crippen molar-refractivity contribution >= 4 is 5.91 Å². The van der Waals surface area contributed by atoms with Gasteiger partial charge in [-0.15, -0.1) is 0 Å². The van der Waals surface area contributed by atoms with Crippen LogP contribution in [0.15, 0.2) is 42.5 Å². The van der Waals surface area contributed by atoms with Crippen LogP contribution in [0.1, 0.15) is 36.5 Å². The number of ether oxygens (including phenoxy) is 2. The Morgan fingerprint density at radius 1 is 1.15 bits per heavy atom. The van der Waals surface area contributed by atoms with E-state index in [0.717, 1.165) is 29.9 Å². The van der Waals surface area contributed by atoms with Crippen LogP contribution >= 0.6 is 0 Å². The van der Waals surface area contributed by atoms with Gasteiger partial charge in [0.25, 0.3) is 5.91 Å². The van der Waals surface area contributed by atoms with E-state index in [9.17, 15) is 4.79 Å². The lowest BCUT2D eigenvalue weighted by atomic mass is 10.1. The summed E-state index contributed by atoms with van der Waals surface area (Å²) < 4.78 is 11.2. The quantitative estimate of drug-likeness (QED) is 0.685. The second-order valence-corrected chi connectivity index (χ2v) is 6.53. The molecule has 0 fully saturated rings. The van der Waals surface area contributed by atoms with Gasteiger partial charge in [0, 0.05) is 6.54 Å². The molecule has 0 aromatic heterocycles. The molecule has 1 N–H and O–H groups in total. The second-order valence-electron chi connectivity index (χ2n) is 6.53. The molecule has 26 heavy (non-hydrogen) atoms. The average molecular weight is 355 g/mol. The maximum absolute atomic E-state index is 12.4. The molecule has 0 spiro atoms. The first-order valence-electron chi connectivity index (χ1n) is 9.18. The van der Waals surface area contributed by atoms with Gasteiger partial charge in [0.2, 0.25) is 0 Å². The van der Waals surface area contributed by atoms with E-state index in [1.165, 1.54) is 11.1 Å². The van der Waals surface area contributed by atoms with E-state index >= 15 is 0 Å². The molecule has 2 rings (SSSR count). The van der Waals surface area contributed by atoms with E-state index < -0.39 is 6.10 Å². The van der Waals surface area contributed by atoms with Crippen molar-refractivity contribution < 1.29 is 14.3 Å². The zero-order valence-corrected chi connectivity index (χ0v) is 16.2. The summed E-state index contributed by atoms with van der Waals surface area (Å²) in [5.41, 5.74) is 3.44. The smallest absolute Gasteiger partial charge is 0.261 e. The third-order valence-corrected chi connectivity index (χ3v) is 4.34. The van der Waals surface area contributed by atoms with Crippen molar-refractivity contribution in [2.45, 2.75) is 46.1 Å². The molecule has 0 bridgehead atoms. The van der Waals surface area contributed by atoms with Crippen molar-refractivity contribution in [3.8, 4) is 11.5 Å². The molecule has 2 aromatic carbocycles. The highest BCUT2D eigenvalue weighted by Crippen LogP contribution is 2.21. The minimum Gasteiger partial charge on any atom is -0.497 e. The first kappa shape index (κ1) is 19.8. The molecule has 140 valence electrons. The van der Waals surface area contributed by atoms with E-state index in [1.807, 2.05) is 51.1 Å². The predicted molar refractivity (Wildman–Crippen MR) is 105 cm³/mol. The first-order chi connectivity index (χ1) is 12.5. The molecule has 0 saturated heterocycles. The molecule has 4 heteroatoms. The van der Waals surface area contributed by atoms with E-state index in [0.29, 0.717) is 13.0 Å². The van der Waals surface area contributed by atoms with Gasteiger partial charge in [-0.05, 0) is 62.4 Å². The summed E-state index contributed by atoms with van der Waals surface area (Å²) >= 11 is 0. The molecule has 0 aliphatic carbocycles. The lowest BCUT2D eigenvalue weighted by Crippen LogP contribution is -2.38. The van der Waals surface area contributed by atoms with Crippen molar-refractivity contribution in [3.63, 3.8) is 0 Å². The minimum absolute atomic E-state index is 0.0573. The number of hydrogen-bond acceptors (Lipinski definition) is 3.